The lowest BCUT2D eigenvalue weighted by atomic mass is 9.67. The van der Waals surface area contributed by atoms with Crippen molar-refractivity contribution in [3.05, 3.63) is 45.5 Å². The van der Waals surface area contributed by atoms with Gasteiger partial charge in [-0.15, -0.1) is 0 Å². The predicted molar refractivity (Wildman–Crippen MR) is 172 cm³/mol. The number of hydrogen-bond acceptors (Lipinski definition) is 6. The second-order valence-electron chi connectivity index (χ2n) is 13.3. The lowest BCUT2D eigenvalue weighted by molar-refractivity contribution is 0.0810. The Hall–Kier alpha value is -3.10. The third-order valence-electron chi connectivity index (χ3n) is 10.1. The molecule has 0 fully saturated rings. The van der Waals surface area contributed by atoms with E-state index in [-0.39, 0.29) is 24.3 Å². The lowest BCUT2D eigenvalue weighted by Gasteiger charge is -2.39. The van der Waals surface area contributed by atoms with Crippen LogP contribution in [0.2, 0.25) is 0 Å². The van der Waals surface area contributed by atoms with E-state index in [2.05, 4.69) is 38.3 Å². The second-order valence-corrected chi connectivity index (χ2v) is 13.3. The molecule has 8 heteroatoms. The summed E-state index contributed by atoms with van der Waals surface area (Å²) in [6.07, 6.45) is 11.1. The Morgan fingerprint density at radius 2 is 0.864 bits per heavy atom. The fraction of sp³-hybridized carbons (Fsp3) is 0.611. The maximum Gasteiger partial charge on any atom is 0.259 e. The quantitative estimate of drug-likeness (QED) is 0.145. The van der Waals surface area contributed by atoms with Gasteiger partial charge in [-0.25, -0.2) is 0 Å². The van der Waals surface area contributed by atoms with Gasteiger partial charge in [0.15, 0.2) is 0 Å². The standard InChI is InChI=1S/C36H50N2O6/c1-5-9-15-35(21-39,16-10-6-2)19-25-26(20-36(22-40,17-11-7-3)18-12-8-4)30-28-24(32(42)38-34(30)44)14-13-23-27(28)29(25)33(43)37-31(23)41/h13-14,39-40H,5-12,15-22H2,1-4H3,(H,37,41,43)(H,38,42,44). The van der Waals surface area contributed by atoms with Crippen LogP contribution in [0.4, 0.5) is 0 Å². The smallest absolute Gasteiger partial charge is 0.259 e. The number of amides is 4. The summed E-state index contributed by atoms with van der Waals surface area (Å²) in [7, 11) is 0. The Morgan fingerprint density at radius 3 is 1.14 bits per heavy atom. The largest absolute Gasteiger partial charge is 0.396 e. The van der Waals surface area contributed by atoms with Gasteiger partial charge in [0.25, 0.3) is 23.6 Å². The summed E-state index contributed by atoms with van der Waals surface area (Å²) >= 11 is 0. The molecule has 0 aliphatic carbocycles. The van der Waals surface area contributed by atoms with Gasteiger partial charge in [0.1, 0.15) is 0 Å². The maximum atomic E-state index is 13.9. The maximum absolute atomic E-state index is 13.9. The van der Waals surface area contributed by atoms with Crippen LogP contribution >= 0.6 is 0 Å². The van der Waals surface area contributed by atoms with E-state index in [9.17, 15) is 29.4 Å². The van der Waals surface area contributed by atoms with E-state index in [1.54, 1.807) is 12.1 Å². The van der Waals surface area contributed by atoms with E-state index in [0.717, 1.165) is 77.0 Å². The molecule has 0 unspecified atom stereocenters. The number of imide groups is 2. The molecule has 8 nitrogen and oxygen atoms in total. The number of nitrogens with one attached hydrogen (secondary N) is 2. The number of aliphatic hydroxyl groups is 2. The second kappa shape index (κ2) is 14.3. The number of hydrogen-bond donors (Lipinski definition) is 4. The highest BCUT2D eigenvalue weighted by Gasteiger charge is 2.42. The monoisotopic (exact) mass is 606 g/mol. The highest BCUT2D eigenvalue weighted by atomic mass is 16.3. The Balaban J connectivity index is 2.14. The summed E-state index contributed by atoms with van der Waals surface area (Å²) in [5.74, 6) is -2.21. The van der Waals surface area contributed by atoms with E-state index in [4.69, 9.17) is 0 Å². The van der Waals surface area contributed by atoms with Crippen LogP contribution < -0.4 is 10.6 Å². The first kappa shape index (κ1) is 33.8. The molecule has 2 heterocycles. The third kappa shape index (κ3) is 6.34. The van der Waals surface area contributed by atoms with Gasteiger partial charge in [-0.2, -0.15) is 0 Å². The first-order chi connectivity index (χ1) is 21.1. The average molecular weight is 607 g/mol. The van der Waals surface area contributed by atoms with Crippen LogP contribution in [0.25, 0.3) is 10.8 Å². The molecular formula is C36H50N2O6. The molecule has 0 radical (unpaired) electrons. The Bertz CT molecular complexity index is 1310. The van der Waals surface area contributed by atoms with Gasteiger partial charge >= 0.3 is 0 Å². The van der Waals surface area contributed by atoms with Crippen molar-refractivity contribution in [2.45, 2.75) is 118 Å². The van der Waals surface area contributed by atoms with Gasteiger partial charge < -0.3 is 10.2 Å². The summed E-state index contributed by atoms with van der Waals surface area (Å²) in [5, 5.41) is 27.7. The van der Waals surface area contributed by atoms with Crippen LogP contribution in [0.15, 0.2) is 12.1 Å². The number of carbonyl (C=O) groups is 4. The minimum atomic E-state index is -0.557. The molecule has 240 valence electrons. The molecule has 0 aromatic heterocycles. The number of aliphatic hydroxyl groups excluding tert-OH is 2. The predicted octanol–water partition coefficient (Wildman–Crippen LogP) is 6.41. The van der Waals surface area contributed by atoms with Crippen LogP contribution in [0, 0.1) is 10.8 Å². The van der Waals surface area contributed by atoms with E-state index >= 15 is 0 Å². The normalized spacial score (nSPS) is 14.8. The van der Waals surface area contributed by atoms with Gasteiger partial charge in [0, 0.05) is 35.1 Å². The fourth-order valence-corrected chi connectivity index (χ4v) is 7.45. The molecule has 0 saturated heterocycles. The third-order valence-corrected chi connectivity index (χ3v) is 10.1. The molecule has 44 heavy (non-hydrogen) atoms. The van der Waals surface area contributed by atoms with E-state index < -0.39 is 34.5 Å². The molecular weight excluding hydrogens is 556 g/mol. The Morgan fingerprint density at radius 1 is 0.545 bits per heavy atom. The highest BCUT2D eigenvalue weighted by molar-refractivity contribution is 6.34. The minimum absolute atomic E-state index is 0.0752. The highest BCUT2D eigenvalue weighted by Crippen LogP contribution is 2.46. The van der Waals surface area contributed by atoms with Crippen LogP contribution in [0.5, 0.6) is 0 Å². The molecule has 2 aromatic rings. The number of carbonyl (C=O) groups excluding carboxylic acids is 4. The minimum Gasteiger partial charge on any atom is -0.396 e. The van der Waals surface area contributed by atoms with Crippen molar-refractivity contribution < 1.29 is 29.4 Å². The van der Waals surface area contributed by atoms with Crippen molar-refractivity contribution in [1.82, 2.24) is 10.6 Å². The fourth-order valence-electron chi connectivity index (χ4n) is 7.45. The number of benzene rings is 2. The van der Waals surface area contributed by atoms with Gasteiger partial charge in [-0.3, -0.25) is 29.8 Å². The first-order valence-corrected chi connectivity index (χ1v) is 16.7. The zero-order valence-electron chi connectivity index (χ0n) is 27.0. The molecule has 0 bridgehead atoms. The zero-order valence-corrected chi connectivity index (χ0v) is 27.0. The Kier molecular flexibility index (Phi) is 11.0. The average Bonchev–Trinajstić information content (AvgIpc) is 3.02. The van der Waals surface area contributed by atoms with Crippen LogP contribution in [0.1, 0.15) is 157 Å². The molecule has 0 atom stereocenters. The number of unbranched alkanes of at least 4 members (excludes halogenated alkanes) is 4. The van der Waals surface area contributed by atoms with E-state index in [1.165, 1.54) is 0 Å². The number of rotatable bonds is 18. The van der Waals surface area contributed by atoms with Crippen molar-refractivity contribution in [2.24, 2.45) is 10.8 Å². The Labute approximate surface area is 261 Å². The van der Waals surface area contributed by atoms with Gasteiger partial charge in [0.2, 0.25) is 0 Å². The molecule has 2 aromatic carbocycles. The molecule has 0 spiro atoms. The van der Waals surface area contributed by atoms with E-state index in [0.29, 0.717) is 45.9 Å². The van der Waals surface area contributed by atoms with Crippen molar-refractivity contribution in [3.63, 3.8) is 0 Å². The van der Waals surface area contributed by atoms with Crippen molar-refractivity contribution >= 4 is 34.4 Å². The van der Waals surface area contributed by atoms with Crippen molar-refractivity contribution in [2.75, 3.05) is 13.2 Å². The summed E-state index contributed by atoms with van der Waals surface area (Å²) in [5.41, 5.74) is 1.41. The molecule has 4 rings (SSSR count). The molecule has 2 aliphatic heterocycles. The molecule has 4 amide bonds. The van der Waals surface area contributed by atoms with Gasteiger partial charge in [-0.1, -0.05) is 79.1 Å². The van der Waals surface area contributed by atoms with Gasteiger partial charge in [-0.05, 0) is 72.6 Å². The SMILES string of the molecule is CCCCC(CO)(CCCC)Cc1c(CC(CO)(CCCC)CCCC)c2c3c(ccc4c3c1C(=O)NC4=O)C(=O)NC2=O. The summed E-state index contributed by atoms with van der Waals surface area (Å²) in [4.78, 5) is 54.0. The topological polar surface area (TPSA) is 133 Å². The van der Waals surface area contributed by atoms with E-state index in [1.807, 2.05) is 0 Å². The van der Waals surface area contributed by atoms with Crippen LogP contribution in [-0.2, 0) is 12.8 Å². The lowest BCUT2D eigenvalue weighted by Crippen LogP contribution is -2.42. The zero-order chi connectivity index (χ0) is 32.1. The van der Waals surface area contributed by atoms with Crippen molar-refractivity contribution in [3.8, 4) is 0 Å². The molecule has 4 N–H and O–H groups in total. The summed E-state index contributed by atoms with van der Waals surface area (Å²) in [6.45, 7) is 8.30. The van der Waals surface area contributed by atoms with Crippen LogP contribution in [0.3, 0.4) is 0 Å². The molecule has 0 saturated carbocycles. The van der Waals surface area contributed by atoms with Crippen LogP contribution in [-0.4, -0.2) is 47.1 Å². The summed E-state index contributed by atoms with van der Waals surface area (Å²) < 4.78 is 0. The van der Waals surface area contributed by atoms with Crippen molar-refractivity contribution in [1.29, 1.82) is 0 Å². The molecule has 2 aliphatic rings. The summed E-state index contributed by atoms with van der Waals surface area (Å²) in [6, 6.07) is 3.11. The first-order valence-electron chi connectivity index (χ1n) is 16.7. The van der Waals surface area contributed by atoms with Gasteiger partial charge in [0.05, 0.1) is 11.1 Å².